The van der Waals surface area contributed by atoms with Crippen LogP contribution in [0.3, 0.4) is 0 Å². The van der Waals surface area contributed by atoms with Crippen molar-refractivity contribution in [3.63, 3.8) is 0 Å². The van der Waals surface area contributed by atoms with Crippen LogP contribution >= 0.6 is 23.2 Å². The Bertz CT molecular complexity index is 3950. The maximum Gasteiger partial charge on any atom is 0.261 e. The molecule has 2 saturated carbocycles. The highest BCUT2D eigenvalue weighted by molar-refractivity contribution is 6.35. The number of aryl methyl sites for hydroxylation is 1. The summed E-state index contributed by atoms with van der Waals surface area (Å²) in [5.74, 6) is 3.38. The number of aromatic nitrogens is 12. The highest BCUT2D eigenvalue weighted by Gasteiger charge is 2.31. The largest absolute Gasteiger partial charge is 0.497 e. The van der Waals surface area contributed by atoms with Crippen LogP contribution in [0, 0.1) is 6.92 Å². The van der Waals surface area contributed by atoms with E-state index in [2.05, 4.69) is 19.9 Å². The third-order valence-electron chi connectivity index (χ3n) is 14.7. The summed E-state index contributed by atoms with van der Waals surface area (Å²) in [7, 11) is 3.27. The molecule has 2 atom stereocenters. The zero-order chi connectivity index (χ0) is 52.2. The molecule has 20 heteroatoms. The van der Waals surface area contributed by atoms with Crippen molar-refractivity contribution in [3.05, 3.63) is 139 Å². The minimum Gasteiger partial charge on any atom is -0.497 e. The van der Waals surface area contributed by atoms with Gasteiger partial charge in [0.15, 0.2) is 11.3 Å². The van der Waals surface area contributed by atoms with Crippen LogP contribution in [0.2, 0.25) is 10.0 Å². The summed E-state index contributed by atoms with van der Waals surface area (Å²) in [6, 6.07) is 23.4. The summed E-state index contributed by atoms with van der Waals surface area (Å²) in [6.07, 6.45) is 10.9. The summed E-state index contributed by atoms with van der Waals surface area (Å²) in [6.45, 7) is 5.93. The molecule has 0 saturated heterocycles. The molecule has 0 spiro atoms. The summed E-state index contributed by atoms with van der Waals surface area (Å²) in [4.78, 5) is 55.2. The number of nitrogens with two attached hydrogens (primary N) is 2. The Kier molecular flexibility index (Phi) is 13.2. The van der Waals surface area contributed by atoms with Crippen molar-refractivity contribution in [2.24, 2.45) is 0 Å². The van der Waals surface area contributed by atoms with Gasteiger partial charge in [0.05, 0.1) is 56.8 Å². The fourth-order valence-corrected chi connectivity index (χ4v) is 11.4. The number of nitrogen functional groups attached to an aromatic ring is 2. The molecule has 0 aliphatic heterocycles. The molecule has 2 aliphatic carbocycles. The fraction of sp³-hybridized carbons (Fsp3) is 0.309. The van der Waals surface area contributed by atoms with Gasteiger partial charge in [-0.25, -0.2) is 39.3 Å². The van der Waals surface area contributed by atoms with Crippen LogP contribution in [0.5, 0.6) is 11.5 Å². The van der Waals surface area contributed by atoms with Gasteiger partial charge in [0, 0.05) is 23.2 Å². The lowest BCUT2D eigenvalue weighted by Gasteiger charge is -2.23. The van der Waals surface area contributed by atoms with Gasteiger partial charge < -0.3 is 20.9 Å². The molecule has 2 fully saturated rings. The molecule has 0 bridgehead atoms. The van der Waals surface area contributed by atoms with Crippen LogP contribution in [0.25, 0.3) is 66.4 Å². The van der Waals surface area contributed by atoms with E-state index in [4.69, 9.17) is 64.3 Å². The highest BCUT2D eigenvalue weighted by Crippen LogP contribution is 2.39. The molecule has 18 nitrogen and oxygen atoms in total. The number of nitrogens with zero attached hydrogens (tertiary/aromatic N) is 12. The number of halogens is 2. The van der Waals surface area contributed by atoms with Gasteiger partial charge >= 0.3 is 0 Å². The molecule has 2 unspecified atom stereocenters. The van der Waals surface area contributed by atoms with Crippen molar-refractivity contribution in [3.8, 4) is 34.0 Å². The average molecular weight is 1050 g/mol. The minimum absolute atomic E-state index is 0.0704. The van der Waals surface area contributed by atoms with Gasteiger partial charge in [-0.1, -0.05) is 61.0 Å². The van der Waals surface area contributed by atoms with Crippen molar-refractivity contribution >= 4 is 78.7 Å². The standard InChI is InChI=1S/C28H28ClN7O2.C27H26ClN7O2/c1-15-13-17(11-12-21(15)38-3)23-22-25(30)31-14-32-27(22)36(34-23)16(2)26-33-24-19(9-6-10-20(24)29)28(37)35(26)18-7-4-5-8-18;1-15(25-32-23-19(8-5-9-20(23)28)27(36)34(25)17-6-3-4-7-17)35-26-21(24(29)30-14-31-26)22(33-35)16-10-12-18(37-2)13-11-16/h6,9-14,16,18H,4-5,7-8H2,1-3H3,(H2,30,31,32);5,8-15,17H,3-4,6-7H2,1-2H3,(H2,29,30,31). The lowest BCUT2D eigenvalue weighted by atomic mass is 10.1. The van der Waals surface area contributed by atoms with Gasteiger partial charge in [-0.05, 0) is 119 Å². The number of benzene rings is 4. The van der Waals surface area contributed by atoms with Crippen LogP contribution in [-0.2, 0) is 0 Å². The SMILES string of the molecule is COc1ccc(-c2nn(C(C)c3nc4c(Cl)cccc4c(=O)n3C3CCCC3)c3ncnc(N)c23)cc1.COc1ccc(-c2nn(C(C)c3nc4c(Cl)cccc4c(=O)n3C3CCCC3)c3ncnc(N)c23)cc1C. The number of hydrogen-bond acceptors (Lipinski definition) is 14. The van der Waals surface area contributed by atoms with Gasteiger partial charge in [0.2, 0.25) is 0 Å². The Balaban J connectivity index is 0.000000161. The van der Waals surface area contributed by atoms with E-state index < -0.39 is 12.1 Å². The molecule has 2 aliphatic rings. The van der Waals surface area contributed by atoms with Crippen LogP contribution in [0.15, 0.2) is 101 Å². The quantitative estimate of drug-likeness (QED) is 0.130. The normalized spacial score (nSPS) is 15.0. The summed E-state index contributed by atoms with van der Waals surface area (Å²) >= 11 is 13.0. The Labute approximate surface area is 440 Å². The maximum absolute atomic E-state index is 13.8. The fourth-order valence-electron chi connectivity index (χ4n) is 11.0. The second kappa shape index (κ2) is 20.0. The van der Waals surface area contributed by atoms with Crippen LogP contribution in [0.4, 0.5) is 11.6 Å². The first-order valence-corrected chi connectivity index (χ1v) is 25.8. The van der Waals surface area contributed by atoms with Crippen LogP contribution in [-0.4, -0.2) is 72.8 Å². The highest BCUT2D eigenvalue weighted by atomic mass is 35.5. The Hall–Kier alpha value is -7.96. The van der Waals surface area contributed by atoms with E-state index in [-0.39, 0.29) is 23.2 Å². The summed E-state index contributed by atoms with van der Waals surface area (Å²) < 4.78 is 18.0. The molecule has 382 valence electrons. The molecular formula is C55H54Cl2N14O4. The second-order valence-corrected chi connectivity index (χ2v) is 20.0. The third-order valence-corrected chi connectivity index (χ3v) is 15.4. The third kappa shape index (κ3) is 8.64. The molecular weight excluding hydrogens is 992 g/mol. The van der Waals surface area contributed by atoms with E-state index in [0.29, 0.717) is 88.6 Å². The van der Waals surface area contributed by atoms with Gasteiger partial charge in [-0.15, -0.1) is 0 Å². The first-order chi connectivity index (χ1) is 36.4. The van der Waals surface area contributed by atoms with Crippen molar-refractivity contribution in [2.45, 2.75) is 96.3 Å². The van der Waals surface area contributed by atoms with Crippen LogP contribution in [0.1, 0.15) is 107 Å². The number of fused-ring (bicyclic) bond motifs is 4. The van der Waals surface area contributed by atoms with Crippen molar-refractivity contribution < 1.29 is 9.47 Å². The number of rotatable bonds is 10. The van der Waals surface area contributed by atoms with E-state index in [1.165, 1.54) is 12.7 Å². The van der Waals surface area contributed by atoms with Crippen LogP contribution < -0.4 is 32.1 Å². The zero-order valence-corrected chi connectivity index (χ0v) is 43.5. The van der Waals surface area contributed by atoms with Gasteiger partial charge in [-0.3, -0.25) is 18.7 Å². The number of ether oxygens (including phenoxy) is 2. The van der Waals surface area contributed by atoms with Gasteiger partial charge in [0.25, 0.3) is 11.1 Å². The van der Waals surface area contributed by atoms with Crippen molar-refractivity contribution in [1.82, 2.24) is 58.6 Å². The van der Waals surface area contributed by atoms with E-state index >= 15 is 0 Å². The lowest BCUT2D eigenvalue weighted by molar-refractivity contribution is 0.412. The second-order valence-electron chi connectivity index (χ2n) is 19.2. The Morgan fingerprint density at radius 3 is 1.49 bits per heavy atom. The van der Waals surface area contributed by atoms with Gasteiger partial charge in [-0.2, -0.15) is 10.2 Å². The number of methoxy groups -OCH3 is 2. The molecule has 0 amide bonds. The Morgan fingerprint density at radius 2 is 1.05 bits per heavy atom. The minimum atomic E-state index is -0.436. The molecule has 4 N–H and O–H groups in total. The zero-order valence-electron chi connectivity index (χ0n) is 42.0. The van der Waals surface area contributed by atoms with Crippen molar-refractivity contribution in [2.75, 3.05) is 25.7 Å². The summed E-state index contributed by atoms with van der Waals surface area (Å²) in [5, 5.41) is 13.2. The molecule has 75 heavy (non-hydrogen) atoms. The smallest absolute Gasteiger partial charge is 0.261 e. The topological polar surface area (TPSA) is 227 Å². The molecule has 0 radical (unpaired) electrons. The van der Waals surface area contributed by atoms with E-state index in [1.54, 1.807) is 60.0 Å². The van der Waals surface area contributed by atoms with Gasteiger partial charge in [0.1, 0.15) is 70.9 Å². The molecule has 6 heterocycles. The Morgan fingerprint density at radius 1 is 0.600 bits per heavy atom. The predicted octanol–water partition coefficient (Wildman–Crippen LogP) is 10.7. The molecule has 10 aromatic rings. The predicted molar refractivity (Wildman–Crippen MR) is 293 cm³/mol. The summed E-state index contributed by atoms with van der Waals surface area (Å²) in [5.41, 5.74) is 18.7. The molecule has 4 aromatic carbocycles. The van der Waals surface area contributed by atoms with Crippen molar-refractivity contribution in [1.29, 1.82) is 0 Å². The van der Waals surface area contributed by atoms with E-state index in [1.807, 2.05) is 72.4 Å². The molecule has 6 aromatic heterocycles. The lowest BCUT2D eigenvalue weighted by Crippen LogP contribution is -2.31. The number of para-hydroxylation sites is 2. The maximum atomic E-state index is 13.8. The first-order valence-electron chi connectivity index (χ1n) is 25.0. The molecule has 12 rings (SSSR count). The van der Waals surface area contributed by atoms with E-state index in [0.717, 1.165) is 79.6 Å². The monoisotopic (exact) mass is 1040 g/mol. The number of hydrogen-bond donors (Lipinski definition) is 2. The number of anilines is 2. The first kappa shape index (κ1) is 49.3. The average Bonchev–Trinajstić information content (AvgIpc) is 4.30. The van der Waals surface area contributed by atoms with E-state index in [9.17, 15) is 9.59 Å².